The average molecular weight is 264 g/mol. The third kappa shape index (κ3) is 4.52. The van der Waals surface area contributed by atoms with Crippen LogP contribution in [-0.4, -0.2) is 36.3 Å². The minimum atomic E-state index is -2.89. The Morgan fingerprint density at radius 3 is 2.69 bits per heavy atom. The summed E-state index contributed by atoms with van der Waals surface area (Å²) in [6.45, 7) is 3.88. The first-order valence-electron chi connectivity index (χ1n) is 5.04. The molecule has 16 heavy (non-hydrogen) atoms. The van der Waals surface area contributed by atoms with Crippen molar-refractivity contribution in [3.8, 4) is 0 Å². The molecular formula is C9H16N2O3S2. The Morgan fingerprint density at radius 1 is 1.50 bits per heavy atom. The molecule has 0 saturated heterocycles. The molecule has 1 aromatic rings. The van der Waals surface area contributed by atoms with E-state index in [1.165, 1.54) is 18.0 Å². The smallest absolute Gasteiger partial charge is 0.239 e. The number of rotatable bonds is 6. The third-order valence-corrected chi connectivity index (χ3v) is 4.32. The largest absolute Gasteiger partial charge is 0.338 e. The fraction of sp³-hybridized carbons (Fsp3) is 0.778. The van der Waals surface area contributed by atoms with Gasteiger partial charge in [-0.2, -0.15) is 4.98 Å². The van der Waals surface area contributed by atoms with Gasteiger partial charge in [-0.05, 0) is 6.92 Å². The van der Waals surface area contributed by atoms with E-state index in [-0.39, 0.29) is 11.0 Å². The van der Waals surface area contributed by atoms with Crippen LogP contribution in [0.5, 0.6) is 0 Å². The zero-order valence-electron chi connectivity index (χ0n) is 9.63. The van der Waals surface area contributed by atoms with Crippen LogP contribution in [0.1, 0.15) is 30.8 Å². The molecule has 0 amide bonds. The van der Waals surface area contributed by atoms with E-state index in [0.29, 0.717) is 17.5 Å². The van der Waals surface area contributed by atoms with Gasteiger partial charge in [-0.1, -0.05) is 12.1 Å². The lowest BCUT2D eigenvalue weighted by atomic mass is 10.4. The van der Waals surface area contributed by atoms with Crippen LogP contribution in [0, 0.1) is 0 Å². The van der Waals surface area contributed by atoms with Crippen LogP contribution in [0.15, 0.2) is 4.52 Å². The number of nitrogens with zero attached hydrogens (tertiary/aromatic N) is 2. The summed E-state index contributed by atoms with van der Waals surface area (Å²) in [6.07, 6.45) is 1.98. The summed E-state index contributed by atoms with van der Waals surface area (Å²) in [5, 5.41) is 3.83. The maximum Gasteiger partial charge on any atom is 0.239 e. The summed E-state index contributed by atoms with van der Waals surface area (Å²) >= 11 is 1.50. The van der Waals surface area contributed by atoms with Crippen molar-refractivity contribution < 1.29 is 12.9 Å². The zero-order valence-corrected chi connectivity index (χ0v) is 11.3. The molecular weight excluding hydrogens is 248 g/mol. The van der Waals surface area contributed by atoms with E-state index in [1.807, 2.05) is 13.8 Å². The Bertz CT molecular complexity index is 428. The highest BCUT2D eigenvalue weighted by Gasteiger charge is 2.14. The van der Waals surface area contributed by atoms with Crippen LogP contribution in [0.4, 0.5) is 0 Å². The molecule has 5 nitrogen and oxygen atoms in total. The number of hydrogen-bond acceptors (Lipinski definition) is 6. The van der Waals surface area contributed by atoms with Gasteiger partial charge in [0.05, 0.1) is 11.0 Å². The normalized spacial score (nSPS) is 13.9. The van der Waals surface area contributed by atoms with Gasteiger partial charge >= 0.3 is 0 Å². The van der Waals surface area contributed by atoms with Crippen molar-refractivity contribution in [1.82, 2.24) is 10.1 Å². The van der Waals surface area contributed by atoms with Gasteiger partial charge in [0.25, 0.3) is 0 Å². The fourth-order valence-electron chi connectivity index (χ4n) is 1.02. The maximum absolute atomic E-state index is 10.9. The molecule has 0 spiro atoms. The lowest BCUT2D eigenvalue weighted by Gasteiger charge is -2.04. The average Bonchev–Trinajstić information content (AvgIpc) is 2.63. The molecule has 1 atom stereocenters. The molecule has 0 N–H and O–H groups in total. The van der Waals surface area contributed by atoms with Crippen molar-refractivity contribution in [2.75, 3.05) is 17.8 Å². The molecule has 1 aromatic heterocycles. The van der Waals surface area contributed by atoms with E-state index in [9.17, 15) is 8.42 Å². The van der Waals surface area contributed by atoms with Gasteiger partial charge in [-0.25, -0.2) is 8.42 Å². The van der Waals surface area contributed by atoms with Crippen molar-refractivity contribution in [2.45, 2.75) is 25.5 Å². The quantitative estimate of drug-likeness (QED) is 0.774. The van der Waals surface area contributed by atoms with Gasteiger partial charge in [0.2, 0.25) is 5.89 Å². The van der Waals surface area contributed by atoms with Crippen LogP contribution >= 0.6 is 11.8 Å². The summed E-state index contributed by atoms with van der Waals surface area (Å²) < 4.78 is 26.9. The number of aryl methyl sites for hydroxylation is 1. The maximum atomic E-state index is 10.9. The predicted molar refractivity (Wildman–Crippen MR) is 64.3 cm³/mol. The Hall–Kier alpha value is -0.560. The first-order valence-corrected chi connectivity index (χ1v) is 8.15. The van der Waals surface area contributed by atoms with Gasteiger partial charge in [0, 0.05) is 18.4 Å². The van der Waals surface area contributed by atoms with Gasteiger partial charge in [-0.3, -0.25) is 0 Å². The number of sulfone groups is 1. The van der Waals surface area contributed by atoms with Crippen molar-refractivity contribution in [3.05, 3.63) is 11.7 Å². The summed E-state index contributed by atoms with van der Waals surface area (Å²) in [5.74, 6) is 1.97. The monoisotopic (exact) mass is 264 g/mol. The van der Waals surface area contributed by atoms with Crippen LogP contribution < -0.4 is 0 Å². The van der Waals surface area contributed by atoms with Crippen LogP contribution in [0.3, 0.4) is 0 Å². The summed E-state index contributed by atoms with van der Waals surface area (Å²) in [6, 6.07) is 0. The molecule has 0 saturated carbocycles. The van der Waals surface area contributed by atoms with E-state index in [0.717, 1.165) is 6.42 Å². The Kier molecular flexibility index (Phi) is 4.79. The molecule has 1 rings (SSSR count). The minimum Gasteiger partial charge on any atom is -0.338 e. The second kappa shape index (κ2) is 5.67. The second-order valence-electron chi connectivity index (χ2n) is 3.55. The van der Waals surface area contributed by atoms with Gasteiger partial charge in [0.15, 0.2) is 5.82 Å². The standard InChI is InChI=1S/C9H16N2O3S2/c1-4-8-10-9(14-11-8)7(2)15-5-6-16(3,12)13/h7H,4-6H2,1-3H3/t7-/m1/s1. The Morgan fingerprint density at radius 2 is 2.19 bits per heavy atom. The highest BCUT2D eigenvalue weighted by molar-refractivity contribution is 8.00. The molecule has 1 heterocycles. The Labute approximate surface area is 99.9 Å². The second-order valence-corrected chi connectivity index (χ2v) is 7.25. The number of aromatic nitrogens is 2. The van der Waals surface area contributed by atoms with Crippen molar-refractivity contribution in [3.63, 3.8) is 0 Å². The molecule has 0 aliphatic rings. The topological polar surface area (TPSA) is 73.1 Å². The molecule has 0 unspecified atom stereocenters. The van der Waals surface area contributed by atoms with E-state index in [2.05, 4.69) is 10.1 Å². The summed E-state index contributed by atoms with van der Waals surface area (Å²) in [7, 11) is -2.89. The number of hydrogen-bond donors (Lipinski definition) is 0. The molecule has 0 fully saturated rings. The molecule has 0 aliphatic carbocycles. The predicted octanol–water partition coefficient (Wildman–Crippen LogP) is 1.47. The third-order valence-electron chi connectivity index (χ3n) is 1.97. The molecule has 7 heteroatoms. The Balaban J connectivity index is 2.43. The van der Waals surface area contributed by atoms with Crippen molar-refractivity contribution in [2.24, 2.45) is 0 Å². The number of thioether (sulfide) groups is 1. The molecule has 0 bridgehead atoms. The molecule has 0 radical (unpaired) electrons. The van der Waals surface area contributed by atoms with Gasteiger partial charge in [0.1, 0.15) is 9.84 Å². The van der Waals surface area contributed by atoms with Crippen molar-refractivity contribution in [1.29, 1.82) is 0 Å². The van der Waals surface area contributed by atoms with Crippen LogP contribution in [-0.2, 0) is 16.3 Å². The first kappa shape index (κ1) is 13.5. The zero-order chi connectivity index (χ0) is 12.2. The first-order chi connectivity index (χ1) is 7.42. The van der Waals surface area contributed by atoms with Crippen LogP contribution in [0.2, 0.25) is 0 Å². The lowest BCUT2D eigenvalue weighted by Crippen LogP contribution is -2.06. The van der Waals surface area contributed by atoms with E-state index < -0.39 is 9.84 Å². The minimum absolute atomic E-state index is 0.0366. The van der Waals surface area contributed by atoms with Gasteiger partial charge < -0.3 is 4.52 Å². The molecule has 0 aromatic carbocycles. The van der Waals surface area contributed by atoms with Gasteiger partial charge in [-0.15, -0.1) is 11.8 Å². The summed E-state index contributed by atoms with van der Waals surface area (Å²) in [5.41, 5.74) is 0. The fourth-order valence-corrected chi connectivity index (χ4v) is 3.21. The molecule has 0 aliphatic heterocycles. The summed E-state index contributed by atoms with van der Waals surface area (Å²) in [4.78, 5) is 4.20. The van der Waals surface area contributed by atoms with E-state index >= 15 is 0 Å². The molecule has 92 valence electrons. The van der Waals surface area contributed by atoms with E-state index in [1.54, 1.807) is 0 Å². The van der Waals surface area contributed by atoms with E-state index in [4.69, 9.17) is 4.52 Å². The highest BCUT2D eigenvalue weighted by Crippen LogP contribution is 2.26. The van der Waals surface area contributed by atoms with Crippen LogP contribution in [0.25, 0.3) is 0 Å². The SMILES string of the molecule is CCc1noc([C@@H](C)SCCS(C)(=O)=O)n1. The van der Waals surface area contributed by atoms with Crippen molar-refractivity contribution >= 4 is 21.6 Å². The highest BCUT2D eigenvalue weighted by atomic mass is 32.2. The lowest BCUT2D eigenvalue weighted by molar-refractivity contribution is 0.375.